The predicted octanol–water partition coefficient (Wildman–Crippen LogP) is 3.41. The first-order valence-corrected chi connectivity index (χ1v) is 6.91. The number of carbonyl (C=O) groups is 1. The molecule has 0 fully saturated rings. The number of oxazole rings is 1. The van der Waals surface area contributed by atoms with E-state index >= 15 is 0 Å². The van der Waals surface area contributed by atoms with Gasteiger partial charge in [-0.1, -0.05) is 24.3 Å². The first-order valence-electron chi connectivity index (χ1n) is 6.91. The van der Waals surface area contributed by atoms with Crippen LogP contribution in [0.1, 0.15) is 33.3 Å². The maximum Gasteiger partial charge on any atom is 0.335 e. The third kappa shape index (κ3) is 2.00. The summed E-state index contributed by atoms with van der Waals surface area (Å²) in [6.07, 6.45) is 1.85. The Morgan fingerprint density at radius 3 is 2.52 bits per heavy atom. The van der Waals surface area contributed by atoms with Crippen LogP contribution >= 0.6 is 0 Å². The Hall–Kier alpha value is -2.62. The Morgan fingerprint density at radius 1 is 1.14 bits per heavy atom. The fourth-order valence-electron chi connectivity index (χ4n) is 2.98. The number of aromatic carboxylic acids is 1. The highest BCUT2D eigenvalue weighted by atomic mass is 16.4. The summed E-state index contributed by atoms with van der Waals surface area (Å²) in [7, 11) is 0. The zero-order valence-electron chi connectivity index (χ0n) is 11.2. The molecule has 0 bridgehead atoms. The SMILES string of the molecule is O=C(O)c1ccc2nc(C3Cc4ccccc4C3)oc2c1. The number of nitrogens with zero attached hydrogens (tertiary/aromatic N) is 1. The van der Waals surface area contributed by atoms with Crippen molar-refractivity contribution in [3.63, 3.8) is 0 Å². The van der Waals surface area contributed by atoms with Gasteiger partial charge in [-0.3, -0.25) is 0 Å². The Balaban J connectivity index is 1.71. The van der Waals surface area contributed by atoms with Gasteiger partial charge in [-0.2, -0.15) is 0 Å². The quantitative estimate of drug-likeness (QED) is 0.780. The van der Waals surface area contributed by atoms with Gasteiger partial charge in [0.1, 0.15) is 5.52 Å². The van der Waals surface area contributed by atoms with Crippen LogP contribution in [0.5, 0.6) is 0 Å². The number of aromatic nitrogens is 1. The number of hydrogen-bond acceptors (Lipinski definition) is 3. The van der Waals surface area contributed by atoms with Gasteiger partial charge in [0.05, 0.1) is 5.56 Å². The summed E-state index contributed by atoms with van der Waals surface area (Å²) < 4.78 is 5.80. The minimum absolute atomic E-state index is 0.222. The van der Waals surface area contributed by atoms with Crippen LogP contribution in [-0.4, -0.2) is 16.1 Å². The molecule has 4 heteroatoms. The summed E-state index contributed by atoms with van der Waals surface area (Å²) in [6.45, 7) is 0. The lowest BCUT2D eigenvalue weighted by Gasteiger charge is -2.01. The van der Waals surface area contributed by atoms with Gasteiger partial charge in [-0.05, 0) is 42.2 Å². The molecule has 1 aliphatic carbocycles. The van der Waals surface area contributed by atoms with E-state index < -0.39 is 5.97 Å². The molecule has 1 N–H and O–H groups in total. The Morgan fingerprint density at radius 2 is 1.86 bits per heavy atom. The Labute approximate surface area is 121 Å². The van der Waals surface area contributed by atoms with Crippen molar-refractivity contribution >= 4 is 17.1 Å². The van der Waals surface area contributed by atoms with Crippen molar-refractivity contribution in [2.45, 2.75) is 18.8 Å². The van der Waals surface area contributed by atoms with Gasteiger partial charge in [0.2, 0.25) is 0 Å². The van der Waals surface area contributed by atoms with Crippen molar-refractivity contribution in [3.8, 4) is 0 Å². The van der Waals surface area contributed by atoms with Gasteiger partial charge in [-0.15, -0.1) is 0 Å². The van der Waals surface area contributed by atoms with E-state index in [2.05, 4.69) is 17.1 Å². The number of hydrogen-bond donors (Lipinski definition) is 1. The average molecular weight is 279 g/mol. The first kappa shape index (κ1) is 12.1. The van der Waals surface area contributed by atoms with Crippen molar-refractivity contribution < 1.29 is 14.3 Å². The van der Waals surface area contributed by atoms with Crippen molar-refractivity contribution in [1.29, 1.82) is 0 Å². The molecule has 1 aliphatic rings. The third-order valence-corrected chi connectivity index (χ3v) is 4.05. The molecular formula is C17H13NO3. The molecule has 0 radical (unpaired) electrons. The lowest BCUT2D eigenvalue weighted by atomic mass is 10.1. The highest BCUT2D eigenvalue weighted by Gasteiger charge is 2.26. The lowest BCUT2D eigenvalue weighted by Crippen LogP contribution is -1.97. The monoisotopic (exact) mass is 279 g/mol. The standard InChI is InChI=1S/C17H13NO3/c19-17(20)12-5-6-14-15(9-12)21-16(18-14)13-7-10-3-1-2-4-11(10)8-13/h1-6,9,13H,7-8H2,(H,19,20). The molecule has 1 aromatic heterocycles. The largest absolute Gasteiger partial charge is 0.478 e. The molecular weight excluding hydrogens is 266 g/mol. The normalized spacial score (nSPS) is 14.5. The number of carboxylic acid groups (broad SMARTS) is 1. The molecule has 0 saturated carbocycles. The second-order valence-corrected chi connectivity index (χ2v) is 5.41. The smallest absolute Gasteiger partial charge is 0.335 e. The molecule has 3 aromatic rings. The molecule has 0 amide bonds. The van der Waals surface area contributed by atoms with E-state index in [1.54, 1.807) is 12.1 Å². The summed E-state index contributed by atoms with van der Waals surface area (Å²) >= 11 is 0. The van der Waals surface area contributed by atoms with E-state index in [0.29, 0.717) is 17.0 Å². The second kappa shape index (κ2) is 4.45. The molecule has 1 heterocycles. The molecule has 0 aliphatic heterocycles. The van der Waals surface area contributed by atoms with Crippen molar-refractivity contribution in [3.05, 3.63) is 65.0 Å². The van der Waals surface area contributed by atoms with Crippen molar-refractivity contribution in [2.24, 2.45) is 0 Å². The molecule has 2 aromatic carbocycles. The zero-order valence-corrected chi connectivity index (χ0v) is 11.2. The van der Waals surface area contributed by atoms with Gasteiger partial charge in [-0.25, -0.2) is 9.78 Å². The van der Waals surface area contributed by atoms with Gasteiger partial charge < -0.3 is 9.52 Å². The molecule has 4 nitrogen and oxygen atoms in total. The van der Waals surface area contributed by atoms with E-state index in [9.17, 15) is 4.79 Å². The second-order valence-electron chi connectivity index (χ2n) is 5.41. The number of carboxylic acids is 1. The Bertz CT molecular complexity index is 825. The van der Waals surface area contributed by atoms with Crippen LogP contribution in [0.2, 0.25) is 0 Å². The molecule has 0 saturated heterocycles. The fourth-order valence-corrected chi connectivity index (χ4v) is 2.98. The topological polar surface area (TPSA) is 63.3 Å². The lowest BCUT2D eigenvalue weighted by molar-refractivity contribution is 0.0697. The zero-order chi connectivity index (χ0) is 14.4. The molecule has 0 atom stereocenters. The van der Waals surface area contributed by atoms with Crippen LogP contribution in [0.15, 0.2) is 46.9 Å². The fraction of sp³-hybridized carbons (Fsp3) is 0.176. The minimum Gasteiger partial charge on any atom is -0.478 e. The Kier molecular flexibility index (Phi) is 2.57. The van der Waals surface area contributed by atoms with Crippen LogP contribution in [-0.2, 0) is 12.8 Å². The minimum atomic E-state index is -0.955. The van der Waals surface area contributed by atoms with Crippen LogP contribution < -0.4 is 0 Å². The molecule has 104 valence electrons. The van der Waals surface area contributed by atoms with Crippen LogP contribution in [0.25, 0.3) is 11.1 Å². The molecule has 21 heavy (non-hydrogen) atoms. The summed E-state index contributed by atoms with van der Waals surface area (Å²) in [5, 5.41) is 9.02. The number of benzene rings is 2. The van der Waals surface area contributed by atoms with E-state index in [1.807, 2.05) is 12.1 Å². The van der Waals surface area contributed by atoms with E-state index in [-0.39, 0.29) is 11.5 Å². The van der Waals surface area contributed by atoms with Crippen LogP contribution in [0.3, 0.4) is 0 Å². The summed E-state index contributed by atoms with van der Waals surface area (Å²) in [4.78, 5) is 15.5. The summed E-state index contributed by atoms with van der Waals surface area (Å²) in [6, 6.07) is 13.2. The molecule has 4 rings (SSSR count). The van der Waals surface area contributed by atoms with Crippen LogP contribution in [0, 0.1) is 0 Å². The first-order chi connectivity index (χ1) is 10.2. The van der Waals surface area contributed by atoms with Gasteiger partial charge >= 0.3 is 5.97 Å². The van der Waals surface area contributed by atoms with Gasteiger partial charge in [0.15, 0.2) is 11.5 Å². The number of fused-ring (bicyclic) bond motifs is 2. The van der Waals surface area contributed by atoms with Crippen LogP contribution in [0.4, 0.5) is 0 Å². The van der Waals surface area contributed by atoms with E-state index in [1.165, 1.54) is 17.2 Å². The van der Waals surface area contributed by atoms with E-state index in [4.69, 9.17) is 9.52 Å². The van der Waals surface area contributed by atoms with Gasteiger partial charge in [0.25, 0.3) is 0 Å². The van der Waals surface area contributed by atoms with E-state index in [0.717, 1.165) is 12.8 Å². The van der Waals surface area contributed by atoms with Crippen molar-refractivity contribution in [2.75, 3.05) is 0 Å². The molecule has 0 spiro atoms. The highest BCUT2D eigenvalue weighted by molar-refractivity contribution is 5.91. The highest BCUT2D eigenvalue weighted by Crippen LogP contribution is 2.34. The maximum atomic E-state index is 11.0. The predicted molar refractivity (Wildman–Crippen MR) is 77.6 cm³/mol. The summed E-state index contributed by atoms with van der Waals surface area (Å²) in [5.74, 6) is -0.0186. The third-order valence-electron chi connectivity index (χ3n) is 4.05. The van der Waals surface area contributed by atoms with Gasteiger partial charge in [0, 0.05) is 5.92 Å². The average Bonchev–Trinajstić information content (AvgIpc) is 3.09. The summed E-state index contributed by atoms with van der Waals surface area (Å²) in [5.41, 5.74) is 4.17. The van der Waals surface area contributed by atoms with Crippen molar-refractivity contribution in [1.82, 2.24) is 4.98 Å². The maximum absolute atomic E-state index is 11.0. The molecule has 0 unspecified atom stereocenters. The number of rotatable bonds is 2.